The molecule has 15 heavy (non-hydrogen) atoms. The molecule has 0 radical (unpaired) electrons. The van der Waals surface area contributed by atoms with Gasteiger partial charge in [0.1, 0.15) is 11.6 Å². The van der Waals surface area contributed by atoms with Crippen molar-refractivity contribution in [2.24, 2.45) is 11.8 Å². The molecule has 0 aromatic carbocycles. The van der Waals surface area contributed by atoms with Crippen molar-refractivity contribution in [2.45, 2.75) is 46.5 Å². The van der Waals surface area contributed by atoms with Gasteiger partial charge in [-0.25, -0.2) is 0 Å². The molecule has 0 atom stereocenters. The quantitative estimate of drug-likeness (QED) is 0.727. The van der Waals surface area contributed by atoms with Gasteiger partial charge in [-0.05, 0) is 11.8 Å². The Balaban J connectivity index is 2.89. The molecule has 1 rings (SSSR count). The van der Waals surface area contributed by atoms with E-state index >= 15 is 0 Å². The highest BCUT2D eigenvalue weighted by Crippen LogP contribution is 2.12. The van der Waals surface area contributed by atoms with Crippen LogP contribution in [0.3, 0.4) is 0 Å². The summed E-state index contributed by atoms with van der Waals surface area (Å²) in [5, 5.41) is 8.33. The average molecular weight is 230 g/mol. The fourth-order valence-electron chi connectivity index (χ4n) is 1.56. The number of hydrogen-bond acceptors (Lipinski definition) is 2. The van der Waals surface area contributed by atoms with Crippen LogP contribution in [-0.4, -0.2) is 14.8 Å². The van der Waals surface area contributed by atoms with Gasteiger partial charge in [0.25, 0.3) is 0 Å². The Kier molecular flexibility index (Phi) is 4.58. The molecule has 0 aliphatic carbocycles. The monoisotopic (exact) mass is 229 g/mol. The smallest absolute Gasteiger partial charge is 0.147 e. The Morgan fingerprint density at radius 1 is 1.07 bits per heavy atom. The van der Waals surface area contributed by atoms with Gasteiger partial charge >= 0.3 is 0 Å². The van der Waals surface area contributed by atoms with Crippen molar-refractivity contribution in [3.63, 3.8) is 0 Å². The highest BCUT2D eigenvalue weighted by atomic mass is 35.5. The van der Waals surface area contributed by atoms with E-state index in [2.05, 4.69) is 42.5 Å². The van der Waals surface area contributed by atoms with Crippen molar-refractivity contribution in [2.75, 3.05) is 0 Å². The van der Waals surface area contributed by atoms with Gasteiger partial charge in [-0.3, -0.25) is 0 Å². The topological polar surface area (TPSA) is 30.7 Å². The fraction of sp³-hybridized carbons (Fsp3) is 0.818. The van der Waals surface area contributed by atoms with Gasteiger partial charge in [0, 0.05) is 13.0 Å². The van der Waals surface area contributed by atoms with E-state index in [1.165, 1.54) is 0 Å². The second-order valence-electron chi connectivity index (χ2n) is 4.77. The minimum atomic E-state index is 0.442. The molecule has 0 spiro atoms. The average Bonchev–Trinajstić information content (AvgIpc) is 2.47. The standard InChI is InChI=1S/C11H20ClN3/c1-8(2)5-10-13-14-11(6-12)15(10)7-9(3)4/h8-9H,5-7H2,1-4H3. The second kappa shape index (κ2) is 5.50. The summed E-state index contributed by atoms with van der Waals surface area (Å²) in [7, 11) is 0. The second-order valence-corrected chi connectivity index (χ2v) is 5.04. The van der Waals surface area contributed by atoms with Gasteiger partial charge in [-0.2, -0.15) is 0 Å². The molecular formula is C11H20ClN3. The van der Waals surface area contributed by atoms with Crippen molar-refractivity contribution in [3.05, 3.63) is 11.6 Å². The number of alkyl halides is 1. The highest BCUT2D eigenvalue weighted by Gasteiger charge is 2.13. The van der Waals surface area contributed by atoms with Crippen LogP contribution in [0.4, 0.5) is 0 Å². The van der Waals surface area contributed by atoms with Gasteiger partial charge in [-0.15, -0.1) is 21.8 Å². The lowest BCUT2D eigenvalue weighted by molar-refractivity contribution is 0.482. The number of rotatable bonds is 5. The first-order chi connectivity index (χ1) is 7.04. The van der Waals surface area contributed by atoms with Gasteiger partial charge < -0.3 is 4.57 Å². The highest BCUT2D eigenvalue weighted by molar-refractivity contribution is 6.16. The minimum Gasteiger partial charge on any atom is -0.314 e. The third-order valence-electron chi connectivity index (χ3n) is 2.16. The van der Waals surface area contributed by atoms with Crippen LogP contribution < -0.4 is 0 Å². The van der Waals surface area contributed by atoms with Crippen LogP contribution in [0.1, 0.15) is 39.3 Å². The number of aromatic nitrogens is 3. The summed E-state index contributed by atoms with van der Waals surface area (Å²) in [6.45, 7) is 9.72. The molecule has 0 bridgehead atoms. The molecule has 86 valence electrons. The van der Waals surface area contributed by atoms with E-state index < -0.39 is 0 Å². The van der Waals surface area contributed by atoms with Gasteiger partial charge in [-0.1, -0.05) is 27.7 Å². The maximum atomic E-state index is 5.84. The predicted molar refractivity (Wildman–Crippen MR) is 63.0 cm³/mol. The van der Waals surface area contributed by atoms with E-state index in [0.29, 0.717) is 17.7 Å². The SMILES string of the molecule is CC(C)Cc1nnc(CCl)n1CC(C)C. The lowest BCUT2D eigenvalue weighted by Gasteiger charge is -2.12. The summed E-state index contributed by atoms with van der Waals surface area (Å²) >= 11 is 5.84. The van der Waals surface area contributed by atoms with Crippen molar-refractivity contribution < 1.29 is 0 Å². The molecule has 4 heteroatoms. The first-order valence-corrected chi connectivity index (χ1v) is 6.05. The molecule has 1 aromatic rings. The summed E-state index contributed by atoms with van der Waals surface area (Å²) in [6.07, 6.45) is 0.969. The van der Waals surface area contributed by atoms with Crippen LogP contribution in [0.15, 0.2) is 0 Å². The van der Waals surface area contributed by atoms with Crippen LogP contribution in [0.5, 0.6) is 0 Å². The Hall–Kier alpha value is -0.570. The van der Waals surface area contributed by atoms with Crippen molar-refractivity contribution in [1.82, 2.24) is 14.8 Å². The van der Waals surface area contributed by atoms with E-state index in [4.69, 9.17) is 11.6 Å². The predicted octanol–water partition coefficient (Wildman–Crippen LogP) is 2.87. The number of hydrogen-bond donors (Lipinski definition) is 0. The van der Waals surface area contributed by atoms with Crippen LogP contribution in [0.2, 0.25) is 0 Å². The molecule has 0 N–H and O–H groups in total. The lowest BCUT2D eigenvalue weighted by atomic mass is 10.1. The summed E-state index contributed by atoms with van der Waals surface area (Å²) in [5.41, 5.74) is 0. The first-order valence-electron chi connectivity index (χ1n) is 5.51. The zero-order valence-electron chi connectivity index (χ0n) is 10.00. The molecule has 0 saturated carbocycles. The first kappa shape index (κ1) is 12.5. The molecule has 1 aromatic heterocycles. The van der Waals surface area contributed by atoms with E-state index in [1.807, 2.05) is 0 Å². The Bertz CT molecular complexity index is 305. The van der Waals surface area contributed by atoms with E-state index in [9.17, 15) is 0 Å². The third-order valence-corrected chi connectivity index (χ3v) is 2.40. The molecule has 1 heterocycles. The minimum absolute atomic E-state index is 0.442. The summed E-state index contributed by atoms with van der Waals surface area (Å²) in [4.78, 5) is 0. The van der Waals surface area contributed by atoms with Crippen molar-refractivity contribution in [3.8, 4) is 0 Å². The summed E-state index contributed by atoms with van der Waals surface area (Å²) in [6, 6.07) is 0. The number of halogens is 1. The zero-order valence-corrected chi connectivity index (χ0v) is 10.8. The zero-order chi connectivity index (χ0) is 11.4. The van der Waals surface area contributed by atoms with E-state index in [-0.39, 0.29) is 0 Å². The molecule has 0 fully saturated rings. The molecule has 0 amide bonds. The molecule has 3 nitrogen and oxygen atoms in total. The molecule has 0 aliphatic heterocycles. The maximum Gasteiger partial charge on any atom is 0.147 e. The van der Waals surface area contributed by atoms with E-state index in [1.54, 1.807) is 0 Å². The summed E-state index contributed by atoms with van der Waals surface area (Å²) in [5.74, 6) is 3.59. The normalized spacial score (nSPS) is 11.7. The third kappa shape index (κ3) is 3.49. The molecular weight excluding hydrogens is 210 g/mol. The Labute approximate surface area is 96.8 Å². The van der Waals surface area contributed by atoms with Gasteiger partial charge in [0.2, 0.25) is 0 Å². The largest absolute Gasteiger partial charge is 0.314 e. The van der Waals surface area contributed by atoms with Crippen molar-refractivity contribution in [1.29, 1.82) is 0 Å². The Morgan fingerprint density at radius 2 is 1.67 bits per heavy atom. The molecule has 0 aliphatic rings. The van der Waals surface area contributed by atoms with Crippen LogP contribution >= 0.6 is 11.6 Å². The fourth-order valence-corrected chi connectivity index (χ4v) is 1.76. The molecule has 0 saturated heterocycles. The van der Waals surface area contributed by atoms with Gasteiger partial charge in [0.05, 0.1) is 5.88 Å². The summed E-state index contributed by atoms with van der Waals surface area (Å²) < 4.78 is 2.16. The van der Waals surface area contributed by atoms with Crippen LogP contribution in [0, 0.1) is 11.8 Å². The Morgan fingerprint density at radius 3 is 2.13 bits per heavy atom. The van der Waals surface area contributed by atoms with Crippen LogP contribution in [0.25, 0.3) is 0 Å². The van der Waals surface area contributed by atoms with Crippen LogP contribution in [-0.2, 0) is 18.8 Å². The van der Waals surface area contributed by atoms with Crippen molar-refractivity contribution >= 4 is 11.6 Å². The van der Waals surface area contributed by atoms with Gasteiger partial charge in [0.15, 0.2) is 0 Å². The maximum absolute atomic E-state index is 5.84. The molecule has 0 unspecified atom stereocenters. The number of nitrogens with zero attached hydrogens (tertiary/aromatic N) is 3. The lowest BCUT2D eigenvalue weighted by Crippen LogP contribution is -2.13. The van der Waals surface area contributed by atoms with E-state index in [0.717, 1.165) is 24.6 Å².